The first-order valence-electron chi connectivity index (χ1n) is 8.74. The van der Waals surface area contributed by atoms with Crippen LogP contribution in [0.5, 0.6) is 0 Å². The molecule has 0 aliphatic carbocycles. The van der Waals surface area contributed by atoms with E-state index in [1.165, 1.54) is 0 Å². The Kier molecular flexibility index (Phi) is 6.42. The van der Waals surface area contributed by atoms with Gasteiger partial charge in [-0.05, 0) is 59.5 Å². The molecule has 2 amide bonds. The zero-order valence-electron chi connectivity index (χ0n) is 15.0. The van der Waals surface area contributed by atoms with E-state index in [-0.39, 0.29) is 5.91 Å². The van der Waals surface area contributed by atoms with Crippen molar-refractivity contribution in [1.29, 1.82) is 0 Å². The Morgan fingerprint density at radius 2 is 1.54 bits per heavy atom. The Hall–Kier alpha value is -3.15. The summed E-state index contributed by atoms with van der Waals surface area (Å²) in [5.74, 6) is -0.715. The maximum atomic E-state index is 12.4. The first-order chi connectivity index (χ1) is 13.6. The molecule has 3 rings (SSSR count). The average molecular weight is 395 g/mol. The lowest BCUT2D eigenvalue weighted by Crippen LogP contribution is -2.25. The van der Waals surface area contributed by atoms with E-state index in [0.717, 1.165) is 23.1 Å². The molecule has 3 aromatic rings. The Bertz CT molecular complexity index is 970. The summed E-state index contributed by atoms with van der Waals surface area (Å²) in [6.45, 7) is 0.523. The summed E-state index contributed by atoms with van der Waals surface area (Å²) in [5, 5.41) is 12.3. The quantitative estimate of drug-likeness (QED) is 0.435. The van der Waals surface area contributed by atoms with Crippen molar-refractivity contribution in [3.05, 3.63) is 94.5 Å². The third-order valence-electron chi connectivity index (χ3n) is 4.32. The van der Waals surface area contributed by atoms with Gasteiger partial charge in [0, 0.05) is 22.7 Å². The van der Waals surface area contributed by atoms with Crippen molar-refractivity contribution in [2.24, 2.45) is 0 Å². The van der Waals surface area contributed by atoms with Crippen LogP contribution in [0.3, 0.4) is 0 Å². The molecule has 0 aliphatic rings. The molecule has 3 N–H and O–H groups in total. The first-order valence-corrected chi connectivity index (χ1v) is 9.12. The predicted octanol–water partition coefficient (Wildman–Crippen LogP) is 4.10. The highest BCUT2D eigenvalue weighted by Gasteiger charge is 2.08. The first kappa shape index (κ1) is 19.6. The van der Waals surface area contributed by atoms with Crippen molar-refractivity contribution in [3.8, 4) is 11.1 Å². The van der Waals surface area contributed by atoms with Gasteiger partial charge in [0.2, 0.25) is 0 Å². The fourth-order valence-corrected chi connectivity index (χ4v) is 2.92. The molecule has 0 spiro atoms. The van der Waals surface area contributed by atoms with Gasteiger partial charge in [0.25, 0.3) is 11.8 Å². The molecule has 0 bridgehead atoms. The molecule has 6 heteroatoms. The van der Waals surface area contributed by atoms with E-state index in [2.05, 4.69) is 5.32 Å². The van der Waals surface area contributed by atoms with Crippen molar-refractivity contribution in [3.63, 3.8) is 0 Å². The van der Waals surface area contributed by atoms with Crippen molar-refractivity contribution < 1.29 is 14.8 Å². The van der Waals surface area contributed by atoms with Gasteiger partial charge in [0.15, 0.2) is 0 Å². The van der Waals surface area contributed by atoms with Gasteiger partial charge in [0.05, 0.1) is 0 Å². The van der Waals surface area contributed by atoms with Crippen LogP contribution in [0.1, 0.15) is 26.3 Å². The number of hydrogen-bond donors (Lipinski definition) is 3. The number of halogens is 1. The van der Waals surface area contributed by atoms with E-state index in [9.17, 15) is 9.59 Å². The average Bonchev–Trinajstić information content (AvgIpc) is 2.74. The molecule has 0 fully saturated rings. The highest BCUT2D eigenvalue weighted by molar-refractivity contribution is 6.30. The van der Waals surface area contributed by atoms with Crippen molar-refractivity contribution >= 4 is 23.4 Å². The van der Waals surface area contributed by atoms with E-state index in [4.69, 9.17) is 16.8 Å². The maximum Gasteiger partial charge on any atom is 0.274 e. The van der Waals surface area contributed by atoms with Gasteiger partial charge in [-0.15, -0.1) is 0 Å². The number of nitrogens with one attached hydrogen (secondary N) is 2. The molecule has 0 saturated heterocycles. The van der Waals surface area contributed by atoms with Crippen LogP contribution in [0, 0.1) is 0 Å². The predicted molar refractivity (Wildman–Crippen MR) is 109 cm³/mol. The zero-order valence-corrected chi connectivity index (χ0v) is 15.7. The fourth-order valence-electron chi connectivity index (χ4n) is 2.79. The van der Waals surface area contributed by atoms with Crippen molar-refractivity contribution in [1.82, 2.24) is 10.8 Å². The number of rotatable bonds is 6. The van der Waals surface area contributed by atoms with Crippen LogP contribution in [0.2, 0.25) is 5.02 Å². The minimum atomic E-state index is -0.569. The minimum absolute atomic E-state index is 0.146. The third kappa shape index (κ3) is 4.97. The van der Waals surface area contributed by atoms with Gasteiger partial charge in [-0.1, -0.05) is 48.0 Å². The Morgan fingerprint density at radius 1 is 0.821 bits per heavy atom. The monoisotopic (exact) mass is 394 g/mol. The maximum absolute atomic E-state index is 12.4. The van der Waals surface area contributed by atoms with Gasteiger partial charge in [-0.3, -0.25) is 14.8 Å². The topological polar surface area (TPSA) is 78.4 Å². The Balaban J connectivity index is 1.64. The number of hydroxylamine groups is 1. The molecule has 142 valence electrons. The summed E-state index contributed by atoms with van der Waals surface area (Å²) >= 11 is 5.87. The number of carbonyl (C=O) groups is 2. The van der Waals surface area contributed by atoms with Crippen LogP contribution in [-0.4, -0.2) is 23.6 Å². The second-order valence-electron chi connectivity index (χ2n) is 6.23. The van der Waals surface area contributed by atoms with E-state index in [1.807, 2.05) is 36.4 Å². The SMILES string of the molecule is O=C(NO)c1ccc(-c2cccc(C(=O)NCCc3ccc(Cl)cc3)c2)cc1. The molecule has 0 heterocycles. The lowest BCUT2D eigenvalue weighted by Gasteiger charge is -2.08. The third-order valence-corrected chi connectivity index (χ3v) is 4.57. The summed E-state index contributed by atoms with van der Waals surface area (Å²) in [4.78, 5) is 23.8. The van der Waals surface area contributed by atoms with Crippen LogP contribution < -0.4 is 10.8 Å². The highest BCUT2D eigenvalue weighted by atomic mass is 35.5. The van der Waals surface area contributed by atoms with Crippen LogP contribution in [-0.2, 0) is 6.42 Å². The number of amides is 2. The standard InChI is InChI=1S/C22H19ClN2O3/c23-20-10-4-15(5-11-20)12-13-24-21(26)19-3-1-2-18(14-19)16-6-8-17(9-7-16)22(27)25-28/h1-11,14,28H,12-13H2,(H,24,26)(H,25,27). The molecule has 0 unspecified atom stereocenters. The molecule has 0 saturated carbocycles. The number of hydrogen-bond acceptors (Lipinski definition) is 3. The molecular weight excluding hydrogens is 376 g/mol. The highest BCUT2D eigenvalue weighted by Crippen LogP contribution is 2.21. The summed E-state index contributed by atoms with van der Waals surface area (Å²) < 4.78 is 0. The van der Waals surface area contributed by atoms with Gasteiger partial charge in [-0.25, -0.2) is 5.48 Å². The summed E-state index contributed by atoms with van der Waals surface area (Å²) in [6.07, 6.45) is 0.719. The summed E-state index contributed by atoms with van der Waals surface area (Å²) in [7, 11) is 0. The van der Waals surface area contributed by atoms with Crippen LogP contribution in [0.15, 0.2) is 72.8 Å². The second kappa shape index (κ2) is 9.17. The second-order valence-corrected chi connectivity index (χ2v) is 6.67. The molecule has 3 aromatic carbocycles. The number of benzene rings is 3. The molecule has 0 atom stereocenters. The van der Waals surface area contributed by atoms with Gasteiger partial charge < -0.3 is 5.32 Å². The lowest BCUT2D eigenvalue weighted by atomic mass is 10.0. The lowest BCUT2D eigenvalue weighted by molar-refractivity contribution is 0.0706. The Labute approximate surface area is 167 Å². The molecule has 0 aliphatic heterocycles. The van der Waals surface area contributed by atoms with Crippen LogP contribution in [0.25, 0.3) is 11.1 Å². The normalized spacial score (nSPS) is 10.4. The molecule has 0 aromatic heterocycles. The van der Waals surface area contributed by atoms with Crippen LogP contribution in [0.4, 0.5) is 0 Å². The van der Waals surface area contributed by atoms with Gasteiger partial charge >= 0.3 is 0 Å². The number of carbonyl (C=O) groups excluding carboxylic acids is 2. The van der Waals surface area contributed by atoms with Crippen molar-refractivity contribution in [2.75, 3.05) is 6.54 Å². The largest absolute Gasteiger partial charge is 0.352 e. The van der Waals surface area contributed by atoms with Gasteiger partial charge in [-0.2, -0.15) is 0 Å². The fraction of sp³-hybridized carbons (Fsp3) is 0.0909. The zero-order chi connectivity index (χ0) is 19.9. The summed E-state index contributed by atoms with van der Waals surface area (Å²) in [6, 6.07) is 21.6. The Morgan fingerprint density at radius 3 is 2.21 bits per heavy atom. The van der Waals surface area contributed by atoms with E-state index in [1.54, 1.807) is 41.9 Å². The minimum Gasteiger partial charge on any atom is -0.352 e. The molecular formula is C22H19ClN2O3. The smallest absolute Gasteiger partial charge is 0.274 e. The summed E-state index contributed by atoms with van der Waals surface area (Å²) in [5.41, 5.74) is 5.34. The van der Waals surface area contributed by atoms with E-state index < -0.39 is 5.91 Å². The van der Waals surface area contributed by atoms with E-state index in [0.29, 0.717) is 22.7 Å². The molecule has 28 heavy (non-hydrogen) atoms. The van der Waals surface area contributed by atoms with Crippen molar-refractivity contribution in [2.45, 2.75) is 6.42 Å². The van der Waals surface area contributed by atoms with Gasteiger partial charge in [0.1, 0.15) is 0 Å². The van der Waals surface area contributed by atoms with E-state index >= 15 is 0 Å². The molecule has 5 nitrogen and oxygen atoms in total. The molecule has 0 radical (unpaired) electrons. The van der Waals surface area contributed by atoms with Crippen LogP contribution >= 0.6 is 11.6 Å².